The van der Waals surface area contributed by atoms with Crippen molar-refractivity contribution in [3.8, 4) is 33.2 Å². The molecule has 15 heteroatoms. The van der Waals surface area contributed by atoms with Gasteiger partial charge in [0.25, 0.3) is 0 Å². The molecule has 1 saturated carbocycles. The summed E-state index contributed by atoms with van der Waals surface area (Å²) in [5.41, 5.74) is 12.0. The fourth-order valence-electron chi connectivity index (χ4n) is 8.40. The first-order valence-corrected chi connectivity index (χ1v) is 23.7. The van der Waals surface area contributed by atoms with E-state index in [-0.39, 0.29) is 66.7 Å². The lowest BCUT2D eigenvalue weighted by atomic mass is 9.77. The average molecular weight is 918 g/mol. The van der Waals surface area contributed by atoms with E-state index in [2.05, 4.69) is 31.1 Å². The van der Waals surface area contributed by atoms with E-state index in [0.29, 0.717) is 37.1 Å². The SMILES string of the molecule is Cc1ncsc1-c1ccc(CNC(=O)[C@@H]2C[C@@H](O)CC2C(=O)C(NC(=O)CCCCCCCCC(=O)NC(COc2cc(-c3ccccc3O)nnc2N)c2ccccc2)C(C)(C)C)cc1. The summed E-state index contributed by atoms with van der Waals surface area (Å²) in [6, 6.07) is 24.6. The number of benzene rings is 3. The molecule has 5 aromatic rings. The first kappa shape index (κ1) is 49.2. The molecule has 3 aromatic carbocycles. The second kappa shape index (κ2) is 23.3. The molecule has 0 saturated heterocycles. The van der Waals surface area contributed by atoms with Gasteiger partial charge in [-0.15, -0.1) is 21.5 Å². The summed E-state index contributed by atoms with van der Waals surface area (Å²) in [4.78, 5) is 59.4. The molecule has 14 nitrogen and oxygen atoms in total. The number of carbonyl (C=O) groups excluding carboxylic acids is 4. The largest absolute Gasteiger partial charge is 0.507 e. The van der Waals surface area contributed by atoms with Gasteiger partial charge in [-0.1, -0.05) is 113 Å². The van der Waals surface area contributed by atoms with Gasteiger partial charge in [-0.3, -0.25) is 19.2 Å². The van der Waals surface area contributed by atoms with Crippen LogP contribution < -0.4 is 26.4 Å². The lowest BCUT2D eigenvalue weighted by molar-refractivity contribution is -0.137. The van der Waals surface area contributed by atoms with Crippen LogP contribution in [-0.4, -0.2) is 67.7 Å². The van der Waals surface area contributed by atoms with Crippen molar-refractivity contribution in [3.05, 3.63) is 107 Å². The van der Waals surface area contributed by atoms with Crippen LogP contribution in [0.1, 0.15) is 108 Å². The number of aryl methyl sites for hydroxylation is 1. The first-order chi connectivity index (χ1) is 31.7. The number of aromatic nitrogens is 3. The Hall–Kier alpha value is -6.19. The van der Waals surface area contributed by atoms with Crippen LogP contribution in [0.4, 0.5) is 5.82 Å². The van der Waals surface area contributed by atoms with Crippen molar-refractivity contribution in [1.82, 2.24) is 31.1 Å². The Morgan fingerprint density at radius 3 is 2.12 bits per heavy atom. The third kappa shape index (κ3) is 13.7. The second-order valence-corrected chi connectivity index (χ2v) is 19.1. The Balaban J connectivity index is 0.904. The molecule has 5 atom stereocenters. The van der Waals surface area contributed by atoms with Crippen molar-refractivity contribution < 1.29 is 34.1 Å². The summed E-state index contributed by atoms with van der Waals surface area (Å²) in [6.45, 7) is 8.06. The van der Waals surface area contributed by atoms with Gasteiger partial charge < -0.3 is 36.6 Å². The standard InChI is InChI=1S/C51H63N7O7S/c1-32-47(66-31-54-32)35-24-22-33(23-25-35)29-53-50(64)39-27-36(59)26-38(39)46(63)48(51(2,3)4)56-45(62)21-13-8-6-5-7-12-20-44(61)55-41(34-16-10-9-11-17-34)30-65-43-28-40(57-58-49(43)52)37-18-14-15-19-42(37)60/h9-11,14-19,22-25,28,31,36,38-39,41,48,59-60H,5-8,12-13,20-21,26-27,29-30H2,1-4H3,(H2,52,58)(H,53,64)(H,55,61)(H,56,62)/t36-,38?,39+,41?,48?/m0/s1. The number of nitrogen functional groups attached to an aromatic ring is 1. The van der Waals surface area contributed by atoms with Gasteiger partial charge in [-0.05, 0) is 66.8 Å². The molecule has 1 aliphatic carbocycles. The number of thiazole rings is 1. The number of carbonyl (C=O) groups is 4. The zero-order chi connectivity index (χ0) is 47.2. The number of phenols is 1. The number of nitrogens with zero attached hydrogens (tertiary/aromatic N) is 3. The normalized spacial score (nSPS) is 16.8. The topological polar surface area (TPSA) is 219 Å². The van der Waals surface area contributed by atoms with Gasteiger partial charge >= 0.3 is 0 Å². The summed E-state index contributed by atoms with van der Waals surface area (Å²) in [5.74, 6) is -1.80. The summed E-state index contributed by atoms with van der Waals surface area (Å²) in [5, 5.41) is 38.1. The smallest absolute Gasteiger partial charge is 0.224 e. The number of aliphatic hydroxyl groups is 1. The number of unbranched alkanes of at least 4 members (excludes halogenated alkanes) is 5. The van der Waals surface area contributed by atoms with Crippen molar-refractivity contribution in [3.63, 3.8) is 0 Å². The Morgan fingerprint density at radius 1 is 0.833 bits per heavy atom. The molecular formula is C51H63N7O7S. The maximum atomic E-state index is 14.1. The molecule has 66 heavy (non-hydrogen) atoms. The summed E-state index contributed by atoms with van der Waals surface area (Å²) in [6.07, 6.45) is 5.02. The number of aromatic hydroxyl groups is 1. The highest BCUT2D eigenvalue weighted by atomic mass is 32.1. The number of nitrogens with two attached hydrogens (primary N) is 1. The minimum atomic E-state index is -0.814. The van der Waals surface area contributed by atoms with Gasteiger partial charge in [-0.2, -0.15) is 0 Å². The molecule has 6 rings (SSSR count). The number of para-hydroxylation sites is 1. The van der Waals surface area contributed by atoms with Gasteiger partial charge in [-0.25, -0.2) is 4.98 Å². The number of ether oxygens (including phenoxy) is 1. The summed E-state index contributed by atoms with van der Waals surface area (Å²) in [7, 11) is 0. The first-order valence-electron chi connectivity index (χ1n) is 22.8. The van der Waals surface area contributed by atoms with Gasteiger partial charge in [0.15, 0.2) is 17.4 Å². The van der Waals surface area contributed by atoms with Crippen LogP contribution >= 0.6 is 11.3 Å². The van der Waals surface area contributed by atoms with E-state index >= 15 is 0 Å². The number of nitrogens with one attached hydrogen (secondary N) is 3. The molecule has 2 heterocycles. The number of rotatable bonds is 22. The van der Waals surface area contributed by atoms with E-state index in [9.17, 15) is 29.4 Å². The lowest BCUT2D eigenvalue weighted by Gasteiger charge is -2.33. The fourth-order valence-corrected chi connectivity index (χ4v) is 9.21. The van der Waals surface area contributed by atoms with E-state index in [1.165, 1.54) is 0 Å². The van der Waals surface area contributed by atoms with Gasteiger partial charge in [0.2, 0.25) is 17.7 Å². The maximum absolute atomic E-state index is 14.1. The quantitative estimate of drug-likeness (QED) is 0.0365. The zero-order valence-corrected chi connectivity index (χ0v) is 39.1. The predicted octanol–water partition coefficient (Wildman–Crippen LogP) is 8.02. The lowest BCUT2D eigenvalue weighted by Crippen LogP contribution is -2.52. The summed E-state index contributed by atoms with van der Waals surface area (Å²) >= 11 is 1.58. The number of hydrogen-bond donors (Lipinski definition) is 6. The van der Waals surface area contributed by atoms with Crippen LogP contribution in [0.25, 0.3) is 21.7 Å². The number of anilines is 1. The molecule has 0 radical (unpaired) electrons. The van der Waals surface area contributed by atoms with Crippen molar-refractivity contribution in [2.45, 2.75) is 117 Å². The maximum Gasteiger partial charge on any atom is 0.224 e. The van der Waals surface area contributed by atoms with Crippen molar-refractivity contribution >= 4 is 40.7 Å². The van der Waals surface area contributed by atoms with E-state index < -0.39 is 35.4 Å². The molecule has 1 aliphatic rings. The highest BCUT2D eigenvalue weighted by Crippen LogP contribution is 2.37. The van der Waals surface area contributed by atoms with E-state index in [1.54, 1.807) is 41.7 Å². The molecule has 3 unspecified atom stereocenters. The highest BCUT2D eigenvalue weighted by Gasteiger charge is 2.46. The fraction of sp³-hybridized carbons (Fsp3) is 0.431. The number of phenolic OH excluding ortho intramolecular Hbond substituents is 1. The predicted molar refractivity (Wildman–Crippen MR) is 256 cm³/mol. The average Bonchev–Trinajstić information content (AvgIpc) is 3.92. The summed E-state index contributed by atoms with van der Waals surface area (Å²) < 4.78 is 6.08. The molecule has 2 aromatic heterocycles. The monoisotopic (exact) mass is 917 g/mol. The van der Waals surface area contributed by atoms with Gasteiger partial charge in [0, 0.05) is 36.9 Å². The number of amides is 3. The number of hydrogen-bond acceptors (Lipinski definition) is 12. The van der Waals surface area contributed by atoms with Crippen molar-refractivity contribution in [1.29, 1.82) is 0 Å². The Kier molecular flexibility index (Phi) is 17.4. The van der Waals surface area contributed by atoms with Gasteiger partial charge in [0.1, 0.15) is 18.1 Å². The molecule has 3 amide bonds. The van der Waals surface area contributed by atoms with Crippen LogP contribution in [0.5, 0.6) is 11.5 Å². The van der Waals surface area contributed by atoms with Crippen LogP contribution in [0.2, 0.25) is 0 Å². The molecule has 0 aliphatic heterocycles. The molecule has 0 bridgehead atoms. The molecule has 7 N–H and O–H groups in total. The van der Waals surface area contributed by atoms with Crippen LogP contribution in [0.15, 0.2) is 90.4 Å². The molecular weight excluding hydrogens is 855 g/mol. The molecule has 350 valence electrons. The van der Waals surface area contributed by atoms with E-state index in [4.69, 9.17) is 10.5 Å². The van der Waals surface area contributed by atoms with Crippen LogP contribution in [-0.2, 0) is 25.7 Å². The number of aliphatic hydroxyl groups excluding tert-OH is 1. The zero-order valence-electron chi connectivity index (χ0n) is 38.3. The minimum absolute atomic E-state index is 0.0535. The molecule has 0 spiro atoms. The van der Waals surface area contributed by atoms with Crippen molar-refractivity contribution in [2.24, 2.45) is 17.3 Å². The number of Topliss-reactive ketones (excluding diaryl/α,β-unsaturated/α-hetero) is 1. The second-order valence-electron chi connectivity index (χ2n) is 18.2. The Morgan fingerprint density at radius 2 is 1.47 bits per heavy atom. The van der Waals surface area contributed by atoms with Crippen LogP contribution in [0.3, 0.4) is 0 Å². The van der Waals surface area contributed by atoms with Gasteiger partial charge in [0.05, 0.1) is 40.2 Å². The molecule has 1 fully saturated rings. The van der Waals surface area contributed by atoms with Crippen molar-refractivity contribution in [2.75, 3.05) is 12.3 Å². The third-order valence-electron chi connectivity index (χ3n) is 12.1. The Bertz CT molecular complexity index is 2400. The third-order valence-corrected chi connectivity index (χ3v) is 13.1. The number of ketones is 1. The minimum Gasteiger partial charge on any atom is -0.507 e. The van der Waals surface area contributed by atoms with E-state index in [0.717, 1.165) is 52.9 Å². The highest BCUT2D eigenvalue weighted by molar-refractivity contribution is 7.13. The van der Waals surface area contributed by atoms with E-state index in [1.807, 2.05) is 87.8 Å². The Labute approximate surface area is 391 Å². The van der Waals surface area contributed by atoms with Crippen LogP contribution in [0, 0.1) is 24.2 Å².